The van der Waals surface area contributed by atoms with E-state index in [1.54, 1.807) is 6.33 Å². The number of ether oxygens (including phenoxy) is 1. The number of nitrogens with zero attached hydrogens (tertiary/aromatic N) is 3. The molecule has 0 spiro atoms. The van der Waals surface area contributed by atoms with Crippen LogP contribution in [0.3, 0.4) is 0 Å². The van der Waals surface area contributed by atoms with Crippen LogP contribution in [0.5, 0.6) is 0 Å². The number of carbonyl (C=O) groups excluding carboxylic acids is 1. The SMILES string of the molecule is C[C@@H]1CN(C(=O)NCCc2ncn(C)c2Br)C[C@H](C)O1. The van der Waals surface area contributed by atoms with Crippen molar-refractivity contribution >= 4 is 22.0 Å². The number of nitrogens with one attached hydrogen (secondary N) is 1. The number of carbonyl (C=O) groups is 1. The van der Waals surface area contributed by atoms with Crippen molar-refractivity contribution in [3.8, 4) is 0 Å². The fourth-order valence-electron chi connectivity index (χ4n) is 2.37. The summed E-state index contributed by atoms with van der Waals surface area (Å²) < 4.78 is 8.48. The van der Waals surface area contributed by atoms with Crippen LogP contribution in [-0.2, 0) is 18.2 Å². The van der Waals surface area contributed by atoms with Crippen molar-refractivity contribution in [3.63, 3.8) is 0 Å². The van der Waals surface area contributed by atoms with Crippen LogP contribution in [0, 0.1) is 0 Å². The van der Waals surface area contributed by atoms with Gasteiger partial charge in [0.1, 0.15) is 4.60 Å². The molecule has 0 unspecified atom stereocenters. The molecule has 1 aliphatic heterocycles. The van der Waals surface area contributed by atoms with E-state index in [2.05, 4.69) is 26.2 Å². The number of halogens is 1. The second kappa shape index (κ2) is 6.58. The highest BCUT2D eigenvalue weighted by Crippen LogP contribution is 2.14. The van der Waals surface area contributed by atoms with Gasteiger partial charge in [-0.15, -0.1) is 0 Å². The maximum Gasteiger partial charge on any atom is 0.317 e. The summed E-state index contributed by atoms with van der Waals surface area (Å²) in [4.78, 5) is 18.2. The highest BCUT2D eigenvalue weighted by molar-refractivity contribution is 9.10. The second-order valence-electron chi connectivity index (χ2n) is 5.24. The Kier molecular flexibility index (Phi) is 5.04. The molecular formula is C13H21BrN4O2. The summed E-state index contributed by atoms with van der Waals surface area (Å²) in [5.74, 6) is 0. The van der Waals surface area contributed by atoms with Gasteiger partial charge < -0.3 is 19.5 Å². The summed E-state index contributed by atoms with van der Waals surface area (Å²) in [7, 11) is 1.93. The number of imidazole rings is 1. The zero-order valence-electron chi connectivity index (χ0n) is 12.1. The molecule has 0 saturated carbocycles. The Labute approximate surface area is 127 Å². The number of hydrogen-bond acceptors (Lipinski definition) is 3. The topological polar surface area (TPSA) is 59.4 Å². The van der Waals surface area contributed by atoms with Crippen LogP contribution in [0.4, 0.5) is 4.79 Å². The van der Waals surface area contributed by atoms with Gasteiger partial charge in [0, 0.05) is 33.1 Å². The minimum absolute atomic E-state index is 0.0287. The average Bonchev–Trinajstić information content (AvgIpc) is 2.69. The number of urea groups is 1. The Balaban J connectivity index is 1.79. The maximum absolute atomic E-state index is 12.1. The highest BCUT2D eigenvalue weighted by atomic mass is 79.9. The van der Waals surface area contributed by atoms with Gasteiger partial charge in [-0.05, 0) is 29.8 Å². The molecule has 2 amide bonds. The molecule has 20 heavy (non-hydrogen) atoms. The lowest BCUT2D eigenvalue weighted by atomic mass is 10.2. The second-order valence-corrected chi connectivity index (χ2v) is 5.99. The van der Waals surface area contributed by atoms with E-state index in [1.807, 2.05) is 30.4 Å². The summed E-state index contributed by atoms with van der Waals surface area (Å²) in [5, 5.41) is 2.94. The molecule has 1 N–H and O–H groups in total. The smallest absolute Gasteiger partial charge is 0.317 e. The van der Waals surface area contributed by atoms with Gasteiger partial charge >= 0.3 is 6.03 Å². The molecule has 1 saturated heterocycles. The first-order valence-corrected chi connectivity index (χ1v) is 7.60. The van der Waals surface area contributed by atoms with Crippen LogP contribution in [-0.4, -0.2) is 52.3 Å². The summed E-state index contributed by atoms with van der Waals surface area (Å²) >= 11 is 3.47. The largest absolute Gasteiger partial charge is 0.372 e. The first kappa shape index (κ1) is 15.3. The summed E-state index contributed by atoms with van der Waals surface area (Å²) in [6.45, 7) is 5.84. The fourth-order valence-corrected chi connectivity index (χ4v) is 2.77. The fraction of sp³-hybridized carbons (Fsp3) is 0.692. The molecular weight excluding hydrogens is 324 g/mol. The minimum atomic E-state index is -0.0287. The predicted octanol–water partition coefficient (Wildman–Crippen LogP) is 1.54. The van der Waals surface area contributed by atoms with Crippen molar-refractivity contribution in [1.82, 2.24) is 19.8 Å². The number of hydrogen-bond donors (Lipinski definition) is 1. The van der Waals surface area contributed by atoms with Crippen LogP contribution in [0.1, 0.15) is 19.5 Å². The first-order valence-electron chi connectivity index (χ1n) is 6.81. The lowest BCUT2D eigenvalue weighted by Gasteiger charge is -2.35. The van der Waals surface area contributed by atoms with E-state index in [-0.39, 0.29) is 18.2 Å². The standard InChI is InChI=1S/C13H21BrN4O2/c1-9-6-18(7-10(2)20-9)13(19)15-5-4-11-12(14)17(3)8-16-11/h8-10H,4-7H2,1-3H3,(H,15,19)/t9-,10+. The van der Waals surface area contributed by atoms with E-state index >= 15 is 0 Å². The van der Waals surface area contributed by atoms with Gasteiger partial charge in [0.2, 0.25) is 0 Å². The van der Waals surface area contributed by atoms with E-state index in [9.17, 15) is 4.79 Å². The van der Waals surface area contributed by atoms with Crippen molar-refractivity contribution < 1.29 is 9.53 Å². The number of morpholine rings is 1. The predicted molar refractivity (Wildman–Crippen MR) is 79.6 cm³/mol. The Morgan fingerprint density at radius 2 is 2.15 bits per heavy atom. The van der Waals surface area contributed by atoms with Crippen molar-refractivity contribution in [3.05, 3.63) is 16.6 Å². The van der Waals surface area contributed by atoms with Crippen LogP contribution in [0.25, 0.3) is 0 Å². The van der Waals surface area contributed by atoms with Gasteiger partial charge in [0.05, 0.1) is 24.2 Å². The van der Waals surface area contributed by atoms with Gasteiger partial charge in [0.15, 0.2) is 0 Å². The third kappa shape index (κ3) is 3.73. The molecule has 2 rings (SSSR count). The molecule has 0 radical (unpaired) electrons. The van der Waals surface area contributed by atoms with Gasteiger partial charge in [-0.2, -0.15) is 0 Å². The van der Waals surface area contributed by atoms with Crippen molar-refractivity contribution in [1.29, 1.82) is 0 Å². The third-order valence-electron chi connectivity index (χ3n) is 3.28. The van der Waals surface area contributed by atoms with Crippen molar-refractivity contribution in [2.24, 2.45) is 7.05 Å². The summed E-state index contributed by atoms with van der Waals surface area (Å²) in [5.41, 5.74) is 0.955. The molecule has 0 aliphatic carbocycles. The molecule has 112 valence electrons. The van der Waals surface area contributed by atoms with Gasteiger partial charge in [-0.25, -0.2) is 9.78 Å². The monoisotopic (exact) mass is 344 g/mol. The summed E-state index contributed by atoms with van der Waals surface area (Å²) in [6, 6.07) is -0.0287. The summed E-state index contributed by atoms with van der Waals surface area (Å²) in [6.07, 6.45) is 2.65. The van der Waals surface area contributed by atoms with E-state index in [0.29, 0.717) is 26.1 Å². The van der Waals surface area contributed by atoms with Crippen LogP contribution < -0.4 is 5.32 Å². The van der Waals surface area contributed by atoms with Crippen LogP contribution >= 0.6 is 15.9 Å². The normalized spacial score (nSPS) is 22.9. The quantitative estimate of drug-likeness (QED) is 0.904. The molecule has 1 aliphatic rings. The molecule has 2 heterocycles. The van der Waals surface area contributed by atoms with Gasteiger partial charge in [-0.1, -0.05) is 0 Å². The van der Waals surface area contributed by atoms with Crippen molar-refractivity contribution in [2.75, 3.05) is 19.6 Å². The lowest BCUT2D eigenvalue weighted by molar-refractivity contribution is -0.0544. The molecule has 6 nitrogen and oxygen atoms in total. The average molecular weight is 345 g/mol. The Bertz CT molecular complexity index is 467. The molecule has 1 aromatic heterocycles. The third-order valence-corrected chi connectivity index (χ3v) is 4.30. The number of aryl methyl sites for hydroxylation is 1. The Hall–Kier alpha value is -1.08. The zero-order chi connectivity index (χ0) is 14.7. The Morgan fingerprint density at radius 1 is 1.50 bits per heavy atom. The molecule has 0 aromatic carbocycles. The van der Waals surface area contributed by atoms with E-state index < -0.39 is 0 Å². The molecule has 7 heteroatoms. The highest BCUT2D eigenvalue weighted by Gasteiger charge is 2.25. The van der Waals surface area contributed by atoms with E-state index in [0.717, 1.165) is 10.3 Å². The minimum Gasteiger partial charge on any atom is -0.372 e. The number of aromatic nitrogens is 2. The van der Waals surface area contributed by atoms with E-state index in [4.69, 9.17) is 4.74 Å². The Morgan fingerprint density at radius 3 is 2.70 bits per heavy atom. The molecule has 1 fully saturated rings. The maximum atomic E-state index is 12.1. The molecule has 1 aromatic rings. The van der Waals surface area contributed by atoms with Gasteiger partial charge in [0.25, 0.3) is 0 Å². The molecule has 0 bridgehead atoms. The van der Waals surface area contributed by atoms with Crippen molar-refractivity contribution in [2.45, 2.75) is 32.5 Å². The number of rotatable bonds is 3. The first-order chi connectivity index (χ1) is 9.47. The van der Waals surface area contributed by atoms with Gasteiger partial charge in [-0.3, -0.25) is 0 Å². The van der Waals surface area contributed by atoms with E-state index in [1.165, 1.54) is 0 Å². The molecule has 2 atom stereocenters. The number of amides is 2. The zero-order valence-corrected chi connectivity index (χ0v) is 13.7. The lowest BCUT2D eigenvalue weighted by Crippen LogP contribution is -2.51. The van der Waals surface area contributed by atoms with Crippen LogP contribution in [0.15, 0.2) is 10.9 Å². The van der Waals surface area contributed by atoms with Crippen LogP contribution in [0.2, 0.25) is 0 Å².